The van der Waals surface area contributed by atoms with Gasteiger partial charge in [-0.2, -0.15) is 0 Å². The molecule has 6 aromatic rings. The molecule has 0 nitrogen and oxygen atoms in total. The Morgan fingerprint density at radius 3 is 1.23 bits per heavy atom. The summed E-state index contributed by atoms with van der Waals surface area (Å²) in [6.45, 7) is 14.0. The van der Waals surface area contributed by atoms with Crippen LogP contribution in [-0.2, 0) is 12.8 Å². The molecule has 0 aliphatic heterocycles. The van der Waals surface area contributed by atoms with E-state index in [1.165, 1.54) is 160 Å². The Kier molecular flexibility index (Phi) is 19.4. The fourth-order valence-electron chi connectivity index (χ4n) is 9.58. The molecule has 4 atom stereocenters. The van der Waals surface area contributed by atoms with Crippen LogP contribution in [0.2, 0.25) is 0 Å². The van der Waals surface area contributed by atoms with Gasteiger partial charge in [0.25, 0.3) is 0 Å². The number of hydrogen-bond acceptors (Lipinski definition) is 4. The first-order valence-electron chi connectivity index (χ1n) is 24.4. The molecule has 0 radical (unpaired) electrons. The molecule has 0 saturated heterocycles. The van der Waals surface area contributed by atoms with Gasteiger partial charge in [-0.25, -0.2) is 0 Å². The van der Waals surface area contributed by atoms with Crippen LogP contribution in [0.25, 0.3) is 40.3 Å². The molecule has 4 unspecified atom stereocenters. The summed E-state index contributed by atoms with van der Waals surface area (Å²) in [5.41, 5.74) is 5.75. The zero-order valence-electron chi connectivity index (χ0n) is 38.1. The van der Waals surface area contributed by atoms with Gasteiger partial charge in [-0.3, -0.25) is 0 Å². The number of fused-ring (bicyclic) bond motifs is 4. The van der Waals surface area contributed by atoms with E-state index in [1.807, 2.05) is 45.3 Å². The molecule has 0 aliphatic carbocycles. The summed E-state index contributed by atoms with van der Waals surface area (Å²) < 4.78 is 5.81. The predicted octanol–water partition coefficient (Wildman–Crippen LogP) is 19.4. The molecule has 4 heterocycles. The Bertz CT molecular complexity index is 2210. The van der Waals surface area contributed by atoms with E-state index in [0.717, 1.165) is 24.7 Å². The topological polar surface area (TPSA) is 0 Å². The van der Waals surface area contributed by atoms with Crippen molar-refractivity contribution in [2.75, 3.05) is 0 Å². The highest BCUT2D eigenvalue weighted by atomic mass is 32.1. The van der Waals surface area contributed by atoms with Crippen LogP contribution in [0, 0.1) is 47.4 Å². The molecule has 4 heteroatoms. The summed E-state index contributed by atoms with van der Waals surface area (Å²) in [5.74, 6) is 17.5. The molecule has 0 amide bonds. The summed E-state index contributed by atoms with van der Waals surface area (Å²) in [5, 5.41) is 14.9. The van der Waals surface area contributed by atoms with E-state index in [1.54, 1.807) is 31.3 Å². The Hall–Kier alpha value is -2.60. The van der Waals surface area contributed by atoms with Crippen molar-refractivity contribution in [2.45, 2.75) is 183 Å². The number of hydrogen-bond donors (Lipinski definition) is 0. The largest absolute Gasteiger partial charge is 0.143 e. The van der Waals surface area contributed by atoms with Crippen LogP contribution < -0.4 is 0 Å². The normalized spacial score (nSPS) is 13.8. The van der Waals surface area contributed by atoms with Crippen LogP contribution in [0.3, 0.4) is 0 Å². The van der Waals surface area contributed by atoms with Crippen molar-refractivity contribution in [1.82, 2.24) is 0 Å². The fraction of sp³-hybridized carbons (Fsp3) is 0.571. The van der Waals surface area contributed by atoms with Gasteiger partial charge in [0.05, 0.1) is 20.5 Å². The molecule has 2 aromatic carbocycles. The van der Waals surface area contributed by atoms with E-state index >= 15 is 0 Å². The van der Waals surface area contributed by atoms with E-state index < -0.39 is 0 Å². The third kappa shape index (κ3) is 12.1. The quantitative estimate of drug-likeness (QED) is 0.0397. The minimum atomic E-state index is 0.466. The van der Waals surface area contributed by atoms with E-state index in [4.69, 9.17) is 0 Å². The lowest BCUT2D eigenvalue weighted by molar-refractivity contribution is 0.411. The first-order chi connectivity index (χ1) is 29.5. The average Bonchev–Trinajstić information content (AvgIpc) is 4.12. The fourth-order valence-corrected chi connectivity index (χ4v) is 13.4. The van der Waals surface area contributed by atoms with E-state index in [0.29, 0.717) is 11.8 Å². The SMILES string of the molecule is CCCCC(C#Cc1c2ccsc2c(C#CC(CC)CCCCCCCCC(CC)CCc2c3ccsc3c(CCC(CC)CCCC)c3ccsc23)c2ccsc12)CC. The Balaban J connectivity index is 0.958. The van der Waals surface area contributed by atoms with Crippen molar-refractivity contribution in [3.63, 3.8) is 0 Å². The van der Waals surface area contributed by atoms with Crippen molar-refractivity contribution in [3.8, 4) is 23.7 Å². The van der Waals surface area contributed by atoms with Gasteiger partial charge >= 0.3 is 0 Å². The maximum Gasteiger partial charge on any atom is 0.0518 e. The second-order valence-corrected chi connectivity index (χ2v) is 21.4. The maximum absolute atomic E-state index is 3.77. The Morgan fingerprint density at radius 1 is 0.400 bits per heavy atom. The second-order valence-electron chi connectivity index (χ2n) is 17.7. The van der Waals surface area contributed by atoms with Gasteiger partial charge in [0.2, 0.25) is 0 Å². The zero-order chi connectivity index (χ0) is 42.1. The number of thiophene rings is 4. The van der Waals surface area contributed by atoms with Gasteiger partial charge in [-0.05, 0) is 131 Å². The van der Waals surface area contributed by atoms with E-state index in [-0.39, 0.29) is 0 Å². The first kappa shape index (κ1) is 46.9. The van der Waals surface area contributed by atoms with Crippen LogP contribution in [0.4, 0.5) is 0 Å². The number of benzene rings is 2. The highest BCUT2D eigenvalue weighted by Gasteiger charge is 2.19. The lowest BCUT2D eigenvalue weighted by Gasteiger charge is -2.18. The summed E-state index contributed by atoms with van der Waals surface area (Å²) in [6, 6.07) is 9.45. The highest BCUT2D eigenvalue weighted by molar-refractivity contribution is 7.20. The van der Waals surface area contributed by atoms with Crippen LogP contribution >= 0.6 is 45.3 Å². The number of unbranched alkanes of at least 4 members (excludes halogenated alkanes) is 7. The van der Waals surface area contributed by atoms with Crippen molar-refractivity contribution in [1.29, 1.82) is 0 Å². The smallest absolute Gasteiger partial charge is 0.0518 e. The minimum Gasteiger partial charge on any atom is -0.143 e. The maximum atomic E-state index is 3.77. The van der Waals surface area contributed by atoms with Gasteiger partial charge in [0.1, 0.15) is 0 Å². The predicted molar refractivity (Wildman–Crippen MR) is 276 cm³/mol. The first-order valence-corrected chi connectivity index (χ1v) is 27.9. The summed E-state index contributed by atoms with van der Waals surface area (Å²) in [6.07, 6.45) is 28.5. The molecule has 322 valence electrons. The zero-order valence-corrected chi connectivity index (χ0v) is 41.4. The Morgan fingerprint density at radius 2 is 0.783 bits per heavy atom. The summed E-state index contributed by atoms with van der Waals surface area (Å²) in [4.78, 5) is 0. The molecule has 0 bridgehead atoms. The molecule has 60 heavy (non-hydrogen) atoms. The molecule has 0 saturated carbocycles. The van der Waals surface area contributed by atoms with Crippen LogP contribution in [0.5, 0.6) is 0 Å². The van der Waals surface area contributed by atoms with Crippen molar-refractivity contribution < 1.29 is 0 Å². The van der Waals surface area contributed by atoms with Crippen molar-refractivity contribution >= 4 is 85.7 Å². The third-order valence-corrected chi connectivity index (χ3v) is 17.5. The van der Waals surface area contributed by atoms with Crippen LogP contribution in [0.1, 0.15) is 192 Å². The number of aryl methyl sites for hydroxylation is 2. The van der Waals surface area contributed by atoms with Gasteiger partial charge in [-0.1, -0.05) is 155 Å². The van der Waals surface area contributed by atoms with Crippen LogP contribution in [0.15, 0.2) is 45.8 Å². The molecule has 4 aromatic heterocycles. The minimum absolute atomic E-state index is 0.466. The van der Waals surface area contributed by atoms with Crippen LogP contribution in [-0.4, -0.2) is 0 Å². The van der Waals surface area contributed by atoms with Gasteiger partial charge in [-0.15, -0.1) is 45.3 Å². The van der Waals surface area contributed by atoms with Gasteiger partial charge < -0.3 is 0 Å². The molecule has 6 rings (SSSR count). The van der Waals surface area contributed by atoms with E-state index in [9.17, 15) is 0 Å². The molecule has 0 fully saturated rings. The second kappa shape index (κ2) is 24.9. The summed E-state index contributed by atoms with van der Waals surface area (Å²) >= 11 is 7.66. The molecule has 0 spiro atoms. The number of rotatable bonds is 25. The monoisotopic (exact) mass is 874 g/mol. The summed E-state index contributed by atoms with van der Waals surface area (Å²) in [7, 11) is 0. The highest BCUT2D eigenvalue weighted by Crippen LogP contribution is 2.42. The lowest BCUT2D eigenvalue weighted by atomic mass is 9.88. The van der Waals surface area contributed by atoms with E-state index in [2.05, 4.69) is 111 Å². The average molecular weight is 875 g/mol. The van der Waals surface area contributed by atoms with Crippen molar-refractivity contribution in [2.24, 2.45) is 23.7 Å². The Labute approximate surface area is 381 Å². The molecular weight excluding hydrogens is 801 g/mol. The lowest BCUT2D eigenvalue weighted by Crippen LogP contribution is -2.03. The third-order valence-electron chi connectivity index (χ3n) is 13.7. The van der Waals surface area contributed by atoms with Crippen molar-refractivity contribution in [3.05, 3.63) is 68.0 Å². The standard InChI is InChI=1S/C56H74S4/c1-7-13-21-41(9-3)25-29-45-49-33-37-59-55(49)47(51-35-39-57-53(45)51)31-27-43(11-5)23-19-17-15-16-18-20-24-44(12-6)28-32-48-52-36-40-58-54(52)46(50-34-38-60-56(48)50)30-26-42(10-4)22-14-8-2/h33-44H,7-25,27,29,31H2,1-6H3. The van der Waals surface area contributed by atoms with Gasteiger partial charge in [0.15, 0.2) is 0 Å². The van der Waals surface area contributed by atoms with Gasteiger partial charge in [0, 0.05) is 32.0 Å². The molecule has 0 N–H and O–H groups in total. The molecule has 0 aliphatic rings. The molecular formula is C56H74S4.